The summed E-state index contributed by atoms with van der Waals surface area (Å²) in [5.74, 6) is 1.80. The molecule has 96 valence electrons. The Morgan fingerprint density at radius 2 is 2.29 bits per heavy atom. The highest BCUT2D eigenvalue weighted by Gasteiger charge is 2.49. The van der Waals surface area contributed by atoms with Crippen molar-refractivity contribution in [2.24, 2.45) is 11.1 Å². The zero-order chi connectivity index (χ0) is 12.5. The first kappa shape index (κ1) is 12.5. The Bertz CT molecular complexity index is 376. The van der Waals surface area contributed by atoms with Crippen LogP contribution in [0.15, 0.2) is 4.52 Å². The minimum absolute atomic E-state index is 0.173. The fourth-order valence-electron chi connectivity index (χ4n) is 2.02. The lowest BCUT2D eigenvalue weighted by molar-refractivity contribution is 0.188. The zero-order valence-corrected chi connectivity index (χ0v) is 10.8. The molecular formula is C12H21N3O2. The van der Waals surface area contributed by atoms with Crippen LogP contribution in [0.3, 0.4) is 0 Å². The number of aromatic nitrogens is 2. The smallest absolute Gasteiger partial charge is 0.243 e. The van der Waals surface area contributed by atoms with Gasteiger partial charge in [-0.15, -0.1) is 0 Å². The van der Waals surface area contributed by atoms with Crippen molar-refractivity contribution in [2.45, 2.75) is 45.1 Å². The predicted octanol–water partition coefficient (Wildman–Crippen LogP) is 2.01. The largest absolute Gasteiger partial charge is 0.385 e. The average Bonchev–Trinajstić information content (AvgIpc) is 2.75. The topological polar surface area (TPSA) is 74.2 Å². The van der Waals surface area contributed by atoms with Crippen LogP contribution in [0.5, 0.6) is 0 Å². The zero-order valence-electron chi connectivity index (χ0n) is 10.8. The van der Waals surface area contributed by atoms with Crippen LogP contribution in [0.1, 0.15) is 56.8 Å². The Hall–Kier alpha value is -0.940. The van der Waals surface area contributed by atoms with Gasteiger partial charge in [-0.2, -0.15) is 4.98 Å². The van der Waals surface area contributed by atoms with Crippen LogP contribution in [0.4, 0.5) is 0 Å². The lowest BCUT2D eigenvalue weighted by atomic mass is 10.1. The van der Waals surface area contributed by atoms with E-state index in [1.54, 1.807) is 7.11 Å². The first-order chi connectivity index (χ1) is 8.04. The van der Waals surface area contributed by atoms with Crippen LogP contribution in [0.25, 0.3) is 0 Å². The summed E-state index contributed by atoms with van der Waals surface area (Å²) in [6, 6.07) is -0.173. The molecule has 0 amide bonds. The molecule has 17 heavy (non-hydrogen) atoms. The molecule has 1 fully saturated rings. The molecule has 1 aromatic heterocycles. The van der Waals surface area contributed by atoms with E-state index in [4.69, 9.17) is 15.0 Å². The van der Waals surface area contributed by atoms with Crippen LogP contribution >= 0.6 is 0 Å². The second kappa shape index (κ2) is 4.74. The Kier molecular flexibility index (Phi) is 3.49. The summed E-state index contributed by atoms with van der Waals surface area (Å²) >= 11 is 0. The Morgan fingerprint density at radius 1 is 1.59 bits per heavy atom. The number of hydrogen-bond acceptors (Lipinski definition) is 5. The molecule has 1 aromatic rings. The van der Waals surface area contributed by atoms with Crippen molar-refractivity contribution in [3.05, 3.63) is 11.7 Å². The van der Waals surface area contributed by atoms with Gasteiger partial charge in [-0.3, -0.25) is 0 Å². The maximum Gasteiger partial charge on any atom is 0.243 e. The molecule has 2 N–H and O–H groups in total. The highest BCUT2D eigenvalue weighted by molar-refractivity contribution is 5.14. The molecule has 0 aromatic carbocycles. The van der Waals surface area contributed by atoms with Gasteiger partial charge >= 0.3 is 0 Å². The standard InChI is InChI=1S/C12H21N3O2/c1-12(2)7-8(12)10-14-11(17-15-10)9(13)5-4-6-16-3/h8-9H,4-7,13H2,1-3H3. The van der Waals surface area contributed by atoms with Gasteiger partial charge in [-0.05, 0) is 24.7 Å². The van der Waals surface area contributed by atoms with Crippen molar-refractivity contribution in [1.82, 2.24) is 10.1 Å². The minimum atomic E-state index is -0.173. The lowest BCUT2D eigenvalue weighted by Crippen LogP contribution is -2.11. The second-order valence-electron chi connectivity index (χ2n) is 5.48. The third-order valence-corrected chi connectivity index (χ3v) is 3.46. The average molecular weight is 239 g/mol. The van der Waals surface area contributed by atoms with Crippen molar-refractivity contribution in [1.29, 1.82) is 0 Å². The van der Waals surface area contributed by atoms with Crippen LogP contribution in [-0.2, 0) is 4.74 Å². The van der Waals surface area contributed by atoms with E-state index >= 15 is 0 Å². The van der Waals surface area contributed by atoms with Gasteiger partial charge in [-0.25, -0.2) is 0 Å². The first-order valence-electron chi connectivity index (χ1n) is 6.12. The summed E-state index contributed by atoms with van der Waals surface area (Å²) in [5.41, 5.74) is 6.31. The number of nitrogens with two attached hydrogens (primary N) is 1. The van der Waals surface area contributed by atoms with Crippen molar-refractivity contribution in [3.63, 3.8) is 0 Å². The van der Waals surface area contributed by atoms with E-state index in [0.717, 1.165) is 25.1 Å². The Balaban J connectivity index is 1.89. The van der Waals surface area contributed by atoms with E-state index in [-0.39, 0.29) is 6.04 Å². The van der Waals surface area contributed by atoms with E-state index < -0.39 is 0 Å². The molecule has 1 saturated carbocycles. The molecule has 1 aliphatic carbocycles. The normalized spacial score (nSPS) is 23.6. The molecule has 5 heteroatoms. The number of hydrogen-bond donors (Lipinski definition) is 1. The number of rotatable bonds is 6. The second-order valence-corrected chi connectivity index (χ2v) is 5.48. The fraction of sp³-hybridized carbons (Fsp3) is 0.833. The number of ether oxygens (including phenoxy) is 1. The van der Waals surface area contributed by atoms with Crippen LogP contribution in [-0.4, -0.2) is 23.9 Å². The highest BCUT2D eigenvalue weighted by Crippen LogP contribution is 2.57. The molecule has 0 spiro atoms. The van der Waals surface area contributed by atoms with Gasteiger partial charge in [0.1, 0.15) is 0 Å². The Labute approximate surface area is 102 Å². The van der Waals surface area contributed by atoms with Gasteiger partial charge < -0.3 is 15.0 Å². The molecule has 0 saturated heterocycles. The monoisotopic (exact) mass is 239 g/mol. The van der Waals surface area contributed by atoms with Gasteiger partial charge in [0.05, 0.1) is 6.04 Å². The van der Waals surface area contributed by atoms with Crippen LogP contribution < -0.4 is 5.73 Å². The molecule has 2 rings (SSSR count). The number of methoxy groups -OCH3 is 1. The summed E-state index contributed by atoms with van der Waals surface area (Å²) < 4.78 is 10.2. The van der Waals surface area contributed by atoms with E-state index in [0.29, 0.717) is 23.8 Å². The SMILES string of the molecule is COCCCC(N)c1nc(C2CC2(C)C)no1. The third-order valence-electron chi connectivity index (χ3n) is 3.46. The van der Waals surface area contributed by atoms with E-state index in [9.17, 15) is 0 Å². The van der Waals surface area contributed by atoms with Crippen LogP contribution in [0.2, 0.25) is 0 Å². The summed E-state index contributed by atoms with van der Waals surface area (Å²) in [7, 11) is 1.69. The fourth-order valence-corrected chi connectivity index (χ4v) is 2.02. The van der Waals surface area contributed by atoms with Gasteiger partial charge in [-0.1, -0.05) is 19.0 Å². The minimum Gasteiger partial charge on any atom is -0.385 e. The summed E-state index contributed by atoms with van der Waals surface area (Å²) in [6.07, 6.45) is 2.85. The van der Waals surface area contributed by atoms with E-state index in [2.05, 4.69) is 24.0 Å². The molecule has 5 nitrogen and oxygen atoms in total. The molecule has 0 bridgehead atoms. The van der Waals surface area contributed by atoms with E-state index in [1.165, 1.54) is 0 Å². The molecular weight excluding hydrogens is 218 g/mol. The van der Waals surface area contributed by atoms with E-state index in [1.807, 2.05) is 0 Å². The highest BCUT2D eigenvalue weighted by atomic mass is 16.5. The third kappa shape index (κ3) is 2.84. The first-order valence-corrected chi connectivity index (χ1v) is 6.12. The van der Waals surface area contributed by atoms with Crippen molar-refractivity contribution < 1.29 is 9.26 Å². The summed E-state index contributed by atoms with van der Waals surface area (Å²) in [4.78, 5) is 4.40. The molecule has 2 atom stereocenters. The van der Waals surface area contributed by atoms with Gasteiger partial charge in [0, 0.05) is 19.6 Å². The van der Waals surface area contributed by atoms with Crippen LogP contribution in [0, 0.1) is 5.41 Å². The molecule has 1 aliphatic rings. The molecule has 1 heterocycles. The number of nitrogens with zero attached hydrogens (tertiary/aromatic N) is 2. The Morgan fingerprint density at radius 3 is 2.88 bits per heavy atom. The van der Waals surface area contributed by atoms with Gasteiger partial charge in [0.2, 0.25) is 5.89 Å². The maximum absolute atomic E-state index is 5.99. The molecule has 2 unspecified atom stereocenters. The van der Waals surface area contributed by atoms with Gasteiger partial charge in [0.25, 0.3) is 0 Å². The maximum atomic E-state index is 5.99. The molecule has 0 aliphatic heterocycles. The van der Waals surface area contributed by atoms with Gasteiger partial charge in [0.15, 0.2) is 5.82 Å². The summed E-state index contributed by atoms with van der Waals surface area (Å²) in [6.45, 7) is 5.14. The lowest BCUT2D eigenvalue weighted by Gasteiger charge is -2.05. The molecule has 0 radical (unpaired) electrons. The van der Waals surface area contributed by atoms with Crippen molar-refractivity contribution in [2.75, 3.05) is 13.7 Å². The predicted molar refractivity (Wildman–Crippen MR) is 63.5 cm³/mol. The van der Waals surface area contributed by atoms with Crippen molar-refractivity contribution >= 4 is 0 Å². The quantitative estimate of drug-likeness (QED) is 0.769. The summed E-state index contributed by atoms with van der Waals surface area (Å²) in [5, 5.41) is 4.03. The van der Waals surface area contributed by atoms with Crippen molar-refractivity contribution in [3.8, 4) is 0 Å².